The van der Waals surface area contributed by atoms with Crippen molar-refractivity contribution in [2.45, 2.75) is 6.42 Å². The summed E-state index contributed by atoms with van der Waals surface area (Å²) in [7, 11) is 0. The summed E-state index contributed by atoms with van der Waals surface area (Å²) < 4.78 is 1.15. The van der Waals surface area contributed by atoms with Crippen LogP contribution in [0.15, 0.2) is 41.8 Å². The summed E-state index contributed by atoms with van der Waals surface area (Å²) in [4.78, 5) is 12.9. The molecule has 0 saturated carbocycles. The largest absolute Gasteiger partial charge is 0.338 e. The topological polar surface area (TPSA) is 41.1 Å². The third kappa shape index (κ3) is 4.30. The van der Waals surface area contributed by atoms with Gasteiger partial charge in [-0.2, -0.15) is 0 Å². The van der Waals surface area contributed by atoms with Gasteiger partial charge in [0.1, 0.15) is 0 Å². The molecular weight excluding hydrogens is 359 g/mol. The van der Waals surface area contributed by atoms with Crippen LogP contribution in [0.3, 0.4) is 0 Å². The molecule has 5 heteroatoms. The van der Waals surface area contributed by atoms with E-state index < -0.39 is 0 Å². The number of anilines is 1. The highest BCUT2D eigenvalue weighted by atomic mass is 127. The molecule has 18 heavy (non-hydrogen) atoms. The van der Waals surface area contributed by atoms with Crippen LogP contribution in [-0.2, 0) is 6.42 Å². The van der Waals surface area contributed by atoms with E-state index in [1.165, 1.54) is 4.88 Å². The van der Waals surface area contributed by atoms with Gasteiger partial charge in [-0.25, -0.2) is 4.79 Å². The van der Waals surface area contributed by atoms with E-state index in [4.69, 9.17) is 0 Å². The number of benzene rings is 1. The normalized spacial score (nSPS) is 10.1. The maximum absolute atomic E-state index is 11.6. The second-order valence-corrected chi connectivity index (χ2v) is 6.00. The zero-order valence-corrected chi connectivity index (χ0v) is 12.6. The lowest BCUT2D eigenvalue weighted by atomic mass is 10.3. The minimum Gasteiger partial charge on any atom is -0.338 e. The number of carbonyl (C=O) groups excluding carboxylic acids is 1. The van der Waals surface area contributed by atoms with Crippen LogP contribution in [0.5, 0.6) is 0 Å². The Bertz CT molecular complexity index is 496. The van der Waals surface area contributed by atoms with E-state index >= 15 is 0 Å². The van der Waals surface area contributed by atoms with E-state index in [1.807, 2.05) is 35.7 Å². The summed E-state index contributed by atoms with van der Waals surface area (Å²) in [5.74, 6) is 0. The number of thiophene rings is 1. The first-order valence-corrected chi connectivity index (χ1v) is 7.53. The minimum atomic E-state index is -0.159. The van der Waals surface area contributed by atoms with Crippen molar-refractivity contribution in [1.29, 1.82) is 0 Å². The van der Waals surface area contributed by atoms with Crippen LogP contribution in [0.4, 0.5) is 10.5 Å². The van der Waals surface area contributed by atoms with Crippen LogP contribution in [0, 0.1) is 3.57 Å². The van der Waals surface area contributed by atoms with Crippen LogP contribution in [-0.4, -0.2) is 12.6 Å². The predicted molar refractivity (Wildman–Crippen MR) is 84.2 cm³/mol. The van der Waals surface area contributed by atoms with Crippen LogP contribution in [0.1, 0.15) is 4.88 Å². The predicted octanol–water partition coefficient (Wildman–Crippen LogP) is 3.72. The van der Waals surface area contributed by atoms with Gasteiger partial charge in [0.05, 0.1) is 0 Å². The maximum Gasteiger partial charge on any atom is 0.319 e. The van der Waals surface area contributed by atoms with Crippen molar-refractivity contribution in [3.63, 3.8) is 0 Å². The molecule has 0 aliphatic carbocycles. The van der Waals surface area contributed by atoms with Crippen molar-refractivity contribution in [2.24, 2.45) is 0 Å². The van der Waals surface area contributed by atoms with Gasteiger partial charge in [0.15, 0.2) is 0 Å². The lowest BCUT2D eigenvalue weighted by Crippen LogP contribution is -2.30. The van der Waals surface area contributed by atoms with Crippen molar-refractivity contribution in [3.8, 4) is 0 Å². The first kappa shape index (κ1) is 13.4. The minimum absolute atomic E-state index is 0.159. The molecule has 0 atom stereocenters. The summed E-state index contributed by atoms with van der Waals surface area (Å²) in [6.45, 7) is 0.650. The number of nitrogens with one attached hydrogen (secondary N) is 2. The standard InChI is InChI=1S/C13H13IN2OS/c14-10-3-5-11(6-4-10)16-13(17)15-8-7-12-2-1-9-18-12/h1-6,9H,7-8H2,(H2,15,16,17). The molecule has 0 radical (unpaired) electrons. The summed E-state index contributed by atoms with van der Waals surface area (Å²) in [5, 5.41) is 7.68. The van der Waals surface area contributed by atoms with Crippen molar-refractivity contribution in [2.75, 3.05) is 11.9 Å². The molecule has 0 saturated heterocycles. The lowest BCUT2D eigenvalue weighted by molar-refractivity contribution is 0.252. The Balaban J connectivity index is 1.73. The molecule has 2 amide bonds. The Hall–Kier alpha value is -1.08. The number of hydrogen-bond acceptors (Lipinski definition) is 2. The third-order valence-corrected chi connectivity index (χ3v) is 3.99. The summed E-state index contributed by atoms with van der Waals surface area (Å²) in [5.41, 5.74) is 0.809. The summed E-state index contributed by atoms with van der Waals surface area (Å²) >= 11 is 3.94. The summed E-state index contributed by atoms with van der Waals surface area (Å²) in [6.07, 6.45) is 0.873. The zero-order chi connectivity index (χ0) is 12.8. The number of urea groups is 1. The smallest absolute Gasteiger partial charge is 0.319 e. The highest BCUT2D eigenvalue weighted by Gasteiger charge is 2.01. The van der Waals surface area contributed by atoms with Gasteiger partial charge >= 0.3 is 6.03 Å². The summed E-state index contributed by atoms with van der Waals surface area (Å²) in [6, 6.07) is 11.6. The van der Waals surface area contributed by atoms with Gasteiger partial charge in [0, 0.05) is 20.7 Å². The van der Waals surface area contributed by atoms with E-state index in [9.17, 15) is 4.79 Å². The molecule has 0 aliphatic heterocycles. The van der Waals surface area contributed by atoms with Gasteiger partial charge in [-0.05, 0) is 64.7 Å². The van der Waals surface area contributed by atoms with Gasteiger partial charge in [-0.15, -0.1) is 11.3 Å². The molecule has 0 unspecified atom stereocenters. The molecule has 2 N–H and O–H groups in total. The number of amides is 2. The molecule has 2 aromatic rings. The van der Waals surface area contributed by atoms with E-state index in [0.29, 0.717) is 6.54 Å². The van der Waals surface area contributed by atoms with E-state index in [0.717, 1.165) is 15.7 Å². The number of rotatable bonds is 4. The van der Waals surface area contributed by atoms with Crippen LogP contribution < -0.4 is 10.6 Å². The molecule has 1 aromatic carbocycles. The van der Waals surface area contributed by atoms with Crippen molar-refractivity contribution >= 4 is 45.6 Å². The Morgan fingerprint density at radius 3 is 2.67 bits per heavy atom. The molecule has 94 valence electrons. The average molecular weight is 372 g/mol. The third-order valence-electron chi connectivity index (χ3n) is 2.34. The van der Waals surface area contributed by atoms with Crippen LogP contribution in [0.25, 0.3) is 0 Å². The SMILES string of the molecule is O=C(NCCc1cccs1)Nc1ccc(I)cc1. The molecule has 1 aromatic heterocycles. The quantitative estimate of drug-likeness (QED) is 0.790. The number of carbonyl (C=O) groups is 1. The first-order valence-electron chi connectivity index (χ1n) is 5.57. The van der Waals surface area contributed by atoms with Gasteiger partial charge in [0.25, 0.3) is 0 Å². The van der Waals surface area contributed by atoms with E-state index in [-0.39, 0.29) is 6.03 Å². The molecule has 2 rings (SSSR count). The molecule has 0 spiro atoms. The molecule has 1 heterocycles. The highest BCUT2D eigenvalue weighted by Crippen LogP contribution is 2.11. The lowest BCUT2D eigenvalue weighted by Gasteiger charge is -2.07. The molecule has 0 fully saturated rings. The fourth-order valence-electron chi connectivity index (χ4n) is 1.46. The molecule has 3 nitrogen and oxygen atoms in total. The van der Waals surface area contributed by atoms with Crippen LogP contribution in [0.2, 0.25) is 0 Å². The highest BCUT2D eigenvalue weighted by molar-refractivity contribution is 14.1. The Labute approximate surface area is 124 Å². The maximum atomic E-state index is 11.6. The van der Waals surface area contributed by atoms with Gasteiger partial charge in [-0.3, -0.25) is 0 Å². The molecular formula is C13H13IN2OS. The fraction of sp³-hybridized carbons (Fsp3) is 0.154. The van der Waals surface area contributed by atoms with E-state index in [1.54, 1.807) is 11.3 Å². The van der Waals surface area contributed by atoms with Gasteiger partial charge in [0.2, 0.25) is 0 Å². The Morgan fingerprint density at radius 2 is 2.00 bits per heavy atom. The zero-order valence-electron chi connectivity index (χ0n) is 9.65. The fourth-order valence-corrected chi connectivity index (χ4v) is 2.53. The Kier molecular flexibility index (Phi) is 5.00. The first-order chi connectivity index (χ1) is 8.74. The van der Waals surface area contributed by atoms with Crippen molar-refractivity contribution in [3.05, 3.63) is 50.2 Å². The van der Waals surface area contributed by atoms with Crippen LogP contribution >= 0.6 is 33.9 Å². The van der Waals surface area contributed by atoms with Gasteiger partial charge < -0.3 is 10.6 Å². The molecule has 0 aliphatic rings. The number of halogens is 1. The molecule has 0 bridgehead atoms. The number of hydrogen-bond donors (Lipinski definition) is 2. The monoisotopic (exact) mass is 372 g/mol. The second kappa shape index (κ2) is 6.75. The van der Waals surface area contributed by atoms with Gasteiger partial charge in [-0.1, -0.05) is 6.07 Å². The Morgan fingerprint density at radius 1 is 1.22 bits per heavy atom. The van der Waals surface area contributed by atoms with E-state index in [2.05, 4.69) is 39.3 Å². The average Bonchev–Trinajstić information content (AvgIpc) is 2.85. The van der Waals surface area contributed by atoms with Crippen molar-refractivity contribution in [1.82, 2.24) is 5.32 Å². The van der Waals surface area contributed by atoms with Crippen molar-refractivity contribution < 1.29 is 4.79 Å². The second-order valence-electron chi connectivity index (χ2n) is 3.72.